The van der Waals surface area contributed by atoms with E-state index < -0.39 is 0 Å². The van der Waals surface area contributed by atoms with E-state index in [-0.39, 0.29) is 24.0 Å². The first kappa shape index (κ1) is 18.1. The van der Waals surface area contributed by atoms with Crippen LogP contribution in [0.1, 0.15) is 36.8 Å². The van der Waals surface area contributed by atoms with Gasteiger partial charge in [0.25, 0.3) is 5.91 Å². The van der Waals surface area contributed by atoms with Gasteiger partial charge in [0.15, 0.2) is 11.3 Å². The van der Waals surface area contributed by atoms with Crippen LogP contribution in [0.3, 0.4) is 0 Å². The molecule has 2 aromatic heterocycles. The average molecular weight is 352 g/mol. The number of benzene rings is 1. The van der Waals surface area contributed by atoms with Crippen molar-refractivity contribution < 1.29 is 9.90 Å². The Morgan fingerprint density at radius 3 is 2.58 bits per heavy atom. The number of hydrogen-bond acceptors (Lipinski definition) is 4. The molecule has 0 aliphatic rings. The fourth-order valence-corrected chi connectivity index (χ4v) is 2.81. The van der Waals surface area contributed by atoms with Crippen molar-refractivity contribution in [2.24, 2.45) is 5.41 Å². The summed E-state index contributed by atoms with van der Waals surface area (Å²) >= 11 is 0. The first-order chi connectivity index (χ1) is 12.4. The third kappa shape index (κ3) is 3.75. The van der Waals surface area contributed by atoms with Gasteiger partial charge in [-0.2, -0.15) is 5.10 Å². The molecule has 136 valence electrons. The molecule has 0 spiro atoms. The highest BCUT2D eigenvalue weighted by Gasteiger charge is 2.28. The molecular weight excluding hydrogens is 328 g/mol. The molecule has 0 bridgehead atoms. The molecule has 3 aromatic rings. The van der Waals surface area contributed by atoms with Crippen LogP contribution in [0, 0.1) is 5.41 Å². The van der Waals surface area contributed by atoms with E-state index in [1.807, 2.05) is 57.2 Å². The molecule has 0 saturated carbocycles. The summed E-state index contributed by atoms with van der Waals surface area (Å²) in [6.07, 6.45) is 1.69. The first-order valence-electron chi connectivity index (χ1n) is 8.67. The van der Waals surface area contributed by atoms with Gasteiger partial charge in [0.05, 0.1) is 24.6 Å². The van der Waals surface area contributed by atoms with Gasteiger partial charge in [0.2, 0.25) is 0 Å². The summed E-state index contributed by atoms with van der Waals surface area (Å²) in [7, 11) is 0. The minimum Gasteiger partial charge on any atom is -0.394 e. The Labute approximate surface area is 152 Å². The highest BCUT2D eigenvalue weighted by atomic mass is 16.3. The summed E-state index contributed by atoms with van der Waals surface area (Å²) in [6, 6.07) is 13.2. The van der Waals surface area contributed by atoms with Crippen molar-refractivity contribution in [2.45, 2.75) is 33.4 Å². The standard InChI is InChI=1S/C20H24N4O2/c1-20(2,3)16(13-25)22-19(26)17-15-10-7-11-21-18(15)24(23-17)12-14-8-5-4-6-9-14/h4-11,16,25H,12-13H2,1-3H3,(H,22,26)/t16-/m1/s1. The smallest absolute Gasteiger partial charge is 0.272 e. The first-order valence-corrected chi connectivity index (χ1v) is 8.67. The normalized spacial score (nSPS) is 12.9. The van der Waals surface area contributed by atoms with E-state index in [2.05, 4.69) is 15.4 Å². The van der Waals surface area contributed by atoms with Crippen molar-refractivity contribution in [1.29, 1.82) is 0 Å². The second-order valence-electron chi connectivity index (χ2n) is 7.44. The van der Waals surface area contributed by atoms with Crippen LogP contribution in [-0.2, 0) is 6.54 Å². The van der Waals surface area contributed by atoms with Crippen LogP contribution in [0.25, 0.3) is 11.0 Å². The van der Waals surface area contributed by atoms with Gasteiger partial charge in [-0.3, -0.25) is 4.79 Å². The zero-order valence-electron chi connectivity index (χ0n) is 15.3. The molecule has 1 aromatic carbocycles. The number of pyridine rings is 1. The summed E-state index contributed by atoms with van der Waals surface area (Å²) in [5, 5.41) is 17.7. The van der Waals surface area contributed by atoms with Crippen LogP contribution >= 0.6 is 0 Å². The average Bonchev–Trinajstić information content (AvgIpc) is 2.98. The van der Waals surface area contributed by atoms with Gasteiger partial charge in [-0.05, 0) is 23.1 Å². The SMILES string of the molecule is CC(C)(C)[C@@H](CO)NC(=O)c1nn(Cc2ccccc2)c2ncccc12. The van der Waals surface area contributed by atoms with Gasteiger partial charge in [-0.15, -0.1) is 0 Å². The van der Waals surface area contributed by atoms with Crippen LogP contribution in [0.2, 0.25) is 0 Å². The summed E-state index contributed by atoms with van der Waals surface area (Å²) in [6.45, 7) is 6.33. The molecule has 1 atom stereocenters. The molecule has 0 saturated heterocycles. The van der Waals surface area contributed by atoms with Crippen molar-refractivity contribution in [1.82, 2.24) is 20.1 Å². The Morgan fingerprint density at radius 1 is 1.19 bits per heavy atom. The van der Waals surface area contributed by atoms with Crippen molar-refractivity contribution in [2.75, 3.05) is 6.61 Å². The Morgan fingerprint density at radius 2 is 1.92 bits per heavy atom. The Kier molecular flexibility index (Phi) is 5.04. The maximum atomic E-state index is 12.8. The number of hydrogen-bond donors (Lipinski definition) is 2. The van der Waals surface area contributed by atoms with E-state index in [4.69, 9.17) is 0 Å². The predicted octanol–water partition coefficient (Wildman–Crippen LogP) is 2.62. The van der Waals surface area contributed by atoms with Gasteiger partial charge < -0.3 is 10.4 Å². The van der Waals surface area contributed by atoms with Crippen LogP contribution in [-0.4, -0.2) is 38.4 Å². The van der Waals surface area contributed by atoms with E-state index in [9.17, 15) is 9.90 Å². The lowest BCUT2D eigenvalue weighted by atomic mass is 9.87. The Hall–Kier alpha value is -2.73. The van der Waals surface area contributed by atoms with Gasteiger partial charge in [-0.1, -0.05) is 51.1 Å². The molecule has 0 radical (unpaired) electrons. The van der Waals surface area contributed by atoms with Crippen LogP contribution in [0.4, 0.5) is 0 Å². The number of carbonyl (C=O) groups excluding carboxylic acids is 1. The lowest BCUT2D eigenvalue weighted by Gasteiger charge is -2.29. The maximum Gasteiger partial charge on any atom is 0.272 e. The fraction of sp³-hybridized carbons (Fsp3) is 0.350. The molecule has 6 heteroatoms. The summed E-state index contributed by atoms with van der Waals surface area (Å²) in [5.74, 6) is -0.302. The molecule has 1 amide bonds. The van der Waals surface area contributed by atoms with Crippen molar-refractivity contribution in [3.63, 3.8) is 0 Å². The number of nitrogens with zero attached hydrogens (tertiary/aromatic N) is 3. The number of fused-ring (bicyclic) bond motifs is 1. The van der Waals surface area contributed by atoms with Gasteiger partial charge in [0.1, 0.15) is 0 Å². The molecule has 3 rings (SSSR count). The van der Waals surface area contributed by atoms with E-state index >= 15 is 0 Å². The minimum absolute atomic E-state index is 0.129. The highest BCUT2D eigenvalue weighted by Crippen LogP contribution is 2.21. The molecule has 6 nitrogen and oxygen atoms in total. The number of carbonyl (C=O) groups is 1. The zero-order valence-corrected chi connectivity index (χ0v) is 15.3. The zero-order chi connectivity index (χ0) is 18.7. The van der Waals surface area contributed by atoms with Crippen molar-refractivity contribution in [3.05, 3.63) is 59.9 Å². The van der Waals surface area contributed by atoms with E-state index in [1.54, 1.807) is 16.9 Å². The quantitative estimate of drug-likeness (QED) is 0.740. The summed E-state index contributed by atoms with van der Waals surface area (Å²) in [4.78, 5) is 17.2. The number of aliphatic hydroxyl groups excluding tert-OH is 1. The van der Waals surface area contributed by atoms with Gasteiger partial charge in [-0.25, -0.2) is 9.67 Å². The van der Waals surface area contributed by atoms with Crippen LogP contribution in [0.15, 0.2) is 48.7 Å². The van der Waals surface area contributed by atoms with Crippen molar-refractivity contribution in [3.8, 4) is 0 Å². The Balaban J connectivity index is 1.95. The molecule has 2 N–H and O–H groups in total. The third-order valence-electron chi connectivity index (χ3n) is 4.43. The lowest BCUT2D eigenvalue weighted by Crippen LogP contribution is -2.46. The number of rotatable bonds is 5. The number of aromatic nitrogens is 3. The minimum atomic E-state index is -0.360. The molecular formula is C20H24N4O2. The van der Waals surface area contributed by atoms with E-state index in [0.29, 0.717) is 23.3 Å². The third-order valence-corrected chi connectivity index (χ3v) is 4.43. The molecule has 0 aliphatic heterocycles. The van der Waals surface area contributed by atoms with E-state index in [0.717, 1.165) is 5.56 Å². The van der Waals surface area contributed by atoms with Gasteiger partial charge >= 0.3 is 0 Å². The monoisotopic (exact) mass is 352 g/mol. The molecule has 0 aliphatic carbocycles. The lowest BCUT2D eigenvalue weighted by molar-refractivity contribution is 0.0844. The van der Waals surface area contributed by atoms with Crippen LogP contribution < -0.4 is 5.32 Å². The number of aliphatic hydroxyl groups is 1. The van der Waals surface area contributed by atoms with E-state index in [1.165, 1.54) is 0 Å². The molecule has 26 heavy (non-hydrogen) atoms. The molecule has 2 heterocycles. The Bertz CT molecular complexity index is 897. The molecule has 0 fully saturated rings. The highest BCUT2D eigenvalue weighted by molar-refractivity contribution is 6.04. The second kappa shape index (κ2) is 7.25. The largest absolute Gasteiger partial charge is 0.394 e. The maximum absolute atomic E-state index is 12.8. The second-order valence-corrected chi connectivity index (χ2v) is 7.44. The summed E-state index contributed by atoms with van der Waals surface area (Å²) in [5.41, 5.74) is 1.81. The van der Waals surface area contributed by atoms with Crippen LogP contribution in [0.5, 0.6) is 0 Å². The van der Waals surface area contributed by atoms with Gasteiger partial charge in [0, 0.05) is 6.20 Å². The summed E-state index contributed by atoms with van der Waals surface area (Å²) < 4.78 is 1.74. The predicted molar refractivity (Wildman–Crippen MR) is 101 cm³/mol. The fourth-order valence-electron chi connectivity index (χ4n) is 2.81. The topological polar surface area (TPSA) is 80.0 Å². The number of amides is 1. The van der Waals surface area contributed by atoms with Crippen molar-refractivity contribution >= 4 is 16.9 Å². The molecule has 0 unspecified atom stereocenters. The number of nitrogens with one attached hydrogen (secondary N) is 1.